The van der Waals surface area contributed by atoms with Crippen LogP contribution in [0.2, 0.25) is 0 Å². The Morgan fingerprint density at radius 2 is 1.85 bits per heavy atom. The number of nitrogens with one attached hydrogen (secondary N) is 1. The summed E-state index contributed by atoms with van der Waals surface area (Å²) in [4.78, 5) is 0. The second-order valence-corrected chi connectivity index (χ2v) is 9.74. The first-order valence-corrected chi connectivity index (χ1v) is 10.0. The number of benzene rings is 1. The molecule has 1 aromatic carbocycles. The van der Waals surface area contributed by atoms with Crippen molar-refractivity contribution in [2.45, 2.75) is 18.1 Å². The zero-order valence-electron chi connectivity index (χ0n) is 10.3. The number of sulfonamides is 1. The SMILES string of the molecule is O=S1(=O)CCC(S(=O)(=O)Nc2cc(F)ccc2Br)CC1. The fraction of sp³-hybridized carbons (Fsp3) is 0.455. The van der Waals surface area contributed by atoms with E-state index in [9.17, 15) is 21.2 Å². The molecule has 0 atom stereocenters. The minimum absolute atomic E-state index is 0.0601. The minimum atomic E-state index is -3.74. The van der Waals surface area contributed by atoms with Crippen molar-refractivity contribution < 1.29 is 21.2 Å². The molecule has 0 aliphatic carbocycles. The van der Waals surface area contributed by atoms with Crippen molar-refractivity contribution in [3.8, 4) is 0 Å². The van der Waals surface area contributed by atoms with E-state index in [1.165, 1.54) is 12.1 Å². The average molecular weight is 386 g/mol. The minimum Gasteiger partial charge on any atom is -0.282 e. The van der Waals surface area contributed by atoms with Crippen molar-refractivity contribution in [2.75, 3.05) is 16.2 Å². The quantitative estimate of drug-likeness (QED) is 0.861. The molecule has 5 nitrogen and oxygen atoms in total. The van der Waals surface area contributed by atoms with Gasteiger partial charge in [0.25, 0.3) is 0 Å². The van der Waals surface area contributed by atoms with Crippen LogP contribution in [0.1, 0.15) is 12.8 Å². The van der Waals surface area contributed by atoms with Gasteiger partial charge in [0.1, 0.15) is 15.7 Å². The summed E-state index contributed by atoms with van der Waals surface area (Å²) < 4.78 is 62.8. The van der Waals surface area contributed by atoms with Crippen molar-refractivity contribution in [2.24, 2.45) is 0 Å². The molecule has 1 aliphatic rings. The Bertz CT molecular complexity index is 704. The Morgan fingerprint density at radius 3 is 2.45 bits per heavy atom. The van der Waals surface area contributed by atoms with Gasteiger partial charge >= 0.3 is 0 Å². The summed E-state index contributed by atoms with van der Waals surface area (Å²) in [7, 11) is -6.86. The second-order valence-electron chi connectivity index (χ2n) is 4.62. The highest BCUT2D eigenvalue weighted by atomic mass is 79.9. The average Bonchev–Trinajstić information content (AvgIpc) is 2.33. The normalized spacial score (nSPS) is 19.7. The van der Waals surface area contributed by atoms with E-state index in [2.05, 4.69) is 20.7 Å². The monoisotopic (exact) mass is 385 g/mol. The predicted octanol–water partition coefficient (Wildman–Crippen LogP) is 1.91. The number of halogens is 2. The van der Waals surface area contributed by atoms with Crippen LogP contribution in [0.15, 0.2) is 22.7 Å². The summed E-state index contributed by atoms with van der Waals surface area (Å²) in [5, 5.41) is -0.777. The van der Waals surface area contributed by atoms with Gasteiger partial charge in [0.2, 0.25) is 10.0 Å². The van der Waals surface area contributed by atoms with Crippen LogP contribution in [0.5, 0.6) is 0 Å². The lowest BCUT2D eigenvalue weighted by atomic mass is 10.2. The fourth-order valence-corrected chi connectivity index (χ4v) is 5.76. The van der Waals surface area contributed by atoms with E-state index in [1.54, 1.807) is 0 Å². The fourth-order valence-electron chi connectivity index (χ4n) is 1.99. The molecule has 1 N–H and O–H groups in total. The van der Waals surface area contributed by atoms with Crippen LogP contribution in [0.4, 0.5) is 10.1 Å². The molecule has 20 heavy (non-hydrogen) atoms. The first-order chi connectivity index (χ1) is 9.20. The Labute approximate surface area is 125 Å². The van der Waals surface area contributed by atoms with Gasteiger partial charge in [0, 0.05) is 4.47 Å². The molecule has 1 heterocycles. The smallest absolute Gasteiger partial charge is 0.235 e. The Morgan fingerprint density at radius 1 is 1.25 bits per heavy atom. The summed E-state index contributed by atoms with van der Waals surface area (Å²) in [6.45, 7) is 0. The van der Waals surface area contributed by atoms with E-state index >= 15 is 0 Å². The van der Waals surface area contributed by atoms with Crippen LogP contribution in [0.25, 0.3) is 0 Å². The summed E-state index contributed by atoms with van der Waals surface area (Å²) in [5.41, 5.74) is 0.110. The van der Waals surface area contributed by atoms with Crippen molar-refractivity contribution in [1.29, 1.82) is 0 Å². The summed E-state index contributed by atoms with van der Waals surface area (Å²) in [6.07, 6.45) is 0.120. The van der Waals surface area contributed by atoms with Crippen molar-refractivity contribution in [1.82, 2.24) is 0 Å². The molecular weight excluding hydrogens is 373 g/mol. The first-order valence-electron chi connectivity index (χ1n) is 5.87. The lowest BCUT2D eigenvalue weighted by Gasteiger charge is -2.23. The molecule has 112 valence electrons. The molecule has 0 radical (unpaired) electrons. The summed E-state index contributed by atoms with van der Waals surface area (Å²) in [5.74, 6) is -0.830. The van der Waals surface area contributed by atoms with Gasteiger partial charge in [0.15, 0.2) is 0 Å². The molecule has 0 bridgehead atoms. The Balaban J connectivity index is 2.18. The van der Waals surface area contributed by atoms with Gasteiger partial charge < -0.3 is 0 Å². The van der Waals surface area contributed by atoms with Gasteiger partial charge in [-0.25, -0.2) is 21.2 Å². The molecule has 9 heteroatoms. The third kappa shape index (κ3) is 3.70. The zero-order chi connectivity index (χ0) is 15.0. The van der Waals surface area contributed by atoms with Crippen molar-refractivity contribution in [3.63, 3.8) is 0 Å². The Kier molecular flexibility index (Phi) is 4.41. The standard InChI is InChI=1S/C11H13BrFNO4S2/c12-10-2-1-8(13)7-11(10)14-20(17,18)9-3-5-19(15,16)6-4-9/h1-2,7,9,14H,3-6H2. The largest absolute Gasteiger partial charge is 0.282 e. The van der Waals surface area contributed by atoms with Crippen LogP contribution in [0, 0.1) is 5.82 Å². The van der Waals surface area contributed by atoms with Gasteiger partial charge in [-0.1, -0.05) is 0 Å². The van der Waals surface area contributed by atoms with E-state index in [-0.39, 0.29) is 30.0 Å². The maximum atomic E-state index is 13.1. The van der Waals surface area contributed by atoms with Gasteiger partial charge in [-0.2, -0.15) is 0 Å². The molecule has 2 rings (SSSR count). The number of rotatable bonds is 3. The third-order valence-electron chi connectivity index (χ3n) is 3.12. The first kappa shape index (κ1) is 15.7. The maximum absolute atomic E-state index is 13.1. The zero-order valence-corrected chi connectivity index (χ0v) is 13.6. The lowest BCUT2D eigenvalue weighted by Crippen LogP contribution is -2.36. The van der Waals surface area contributed by atoms with Crippen molar-refractivity contribution in [3.05, 3.63) is 28.5 Å². The molecule has 0 unspecified atom stereocenters. The highest BCUT2D eigenvalue weighted by Crippen LogP contribution is 2.27. The van der Waals surface area contributed by atoms with Gasteiger partial charge in [-0.3, -0.25) is 4.72 Å². The van der Waals surface area contributed by atoms with Crippen LogP contribution < -0.4 is 4.72 Å². The van der Waals surface area contributed by atoms with Crippen LogP contribution in [0.3, 0.4) is 0 Å². The maximum Gasteiger partial charge on any atom is 0.235 e. The second kappa shape index (κ2) is 5.61. The van der Waals surface area contributed by atoms with E-state index < -0.39 is 30.9 Å². The number of hydrogen-bond donors (Lipinski definition) is 1. The molecule has 1 saturated heterocycles. The lowest BCUT2D eigenvalue weighted by molar-refractivity contribution is 0.555. The molecule has 0 spiro atoms. The number of sulfone groups is 1. The van der Waals surface area contributed by atoms with Crippen molar-refractivity contribution >= 4 is 41.5 Å². The van der Waals surface area contributed by atoms with Crippen LogP contribution >= 0.6 is 15.9 Å². The van der Waals surface area contributed by atoms with Gasteiger partial charge in [0.05, 0.1) is 22.4 Å². The van der Waals surface area contributed by atoms with Gasteiger partial charge in [-0.05, 0) is 47.0 Å². The molecule has 0 aromatic heterocycles. The molecular formula is C11H13BrFNO4S2. The number of anilines is 1. The summed E-state index contributed by atoms with van der Waals surface area (Å²) in [6, 6.07) is 3.68. The van der Waals surface area contributed by atoms with E-state index in [1.807, 2.05) is 0 Å². The van der Waals surface area contributed by atoms with E-state index in [0.29, 0.717) is 4.47 Å². The Hall–Kier alpha value is -0.670. The molecule has 1 aromatic rings. The highest BCUT2D eigenvalue weighted by molar-refractivity contribution is 9.10. The summed E-state index contributed by atoms with van der Waals surface area (Å²) >= 11 is 3.14. The van der Waals surface area contributed by atoms with E-state index in [4.69, 9.17) is 0 Å². The van der Waals surface area contributed by atoms with Crippen LogP contribution in [-0.4, -0.2) is 33.6 Å². The molecule has 0 saturated carbocycles. The molecule has 0 amide bonds. The topological polar surface area (TPSA) is 80.3 Å². The predicted molar refractivity (Wildman–Crippen MR) is 78.3 cm³/mol. The third-order valence-corrected chi connectivity index (χ3v) is 7.38. The van der Waals surface area contributed by atoms with Gasteiger partial charge in [-0.15, -0.1) is 0 Å². The molecule has 1 fully saturated rings. The molecule has 1 aliphatic heterocycles. The number of hydrogen-bond acceptors (Lipinski definition) is 4. The van der Waals surface area contributed by atoms with Crippen LogP contribution in [-0.2, 0) is 19.9 Å². The highest BCUT2D eigenvalue weighted by Gasteiger charge is 2.33. The van der Waals surface area contributed by atoms with E-state index in [0.717, 1.165) is 6.07 Å².